The Morgan fingerprint density at radius 2 is 0.971 bits per heavy atom. The zero-order chi connectivity index (χ0) is 26.5. The van der Waals surface area contributed by atoms with E-state index in [-0.39, 0.29) is 13.0 Å². The molecule has 0 amide bonds. The van der Waals surface area contributed by atoms with Crippen molar-refractivity contribution < 1.29 is 23.9 Å². The van der Waals surface area contributed by atoms with E-state index in [1.807, 2.05) is 21.1 Å². The van der Waals surface area contributed by atoms with Crippen molar-refractivity contribution in [2.24, 2.45) is 0 Å². The molecule has 1 atom stereocenters. The molecule has 5 nitrogen and oxygen atoms in total. The van der Waals surface area contributed by atoms with Crippen molar-refractivity contribution in [2.75, 3.05) is 27.7 Å². The highest BCUT2D eigenvalue weighted by atomic mass is 31.2. The minimum absolute atomic E-state index is 0.0386. The molecule has 0 aliphatic rings. The summed E-state index contributed by atoms with van der Waals surface area (Å²) in [7, 11) is 0.921. The van der Waals surface area contributed by atoms with Gasteiger partial charge in [-0.2, -0.15) is 0 Å². The molecule has 0 saturated carbocycles. The van der Waals surface area contributed by atoms with Gasteiger partial charge in [0.1, 0.15) is 6.54 Å². The summed E-state index contributed by atoms with van der Waals surface area (Å²) in [6.45, 7) is 2.31. The molecule has 0 aliphatic carbocycles. The highest BCUT2D eigenvalue weighted by molar-refractivity contribution is 7.53. The standard InChI is InChI=1S/C29H58NO4P/c1-5-6-7-8-9-10-11-12-13-14-15-16-17-18-19-20-21-22-23-24-25-26-27-29(31,35(32,33)34)28-30(2,3)4/h12-13,23-24,31H,5-11,14-22,25-28H2,1-4H3,(H-,32,33,34)/p+1/b13-12-,24-23-. The molecule has 0 fully saturated rings. The lowest BCUT2D eigenvalue weighted by Crippen LogP contribution is -2.49. The van der Waals surface area contributed by atoms with Gasteiger partial charge in [-0.15, -0.1) is 0 Å². The minimum atomic E-state index is -4.57. The first-order valence-electron chi connectivity index (χ1n) is 14.4. The number of rotatable bonds is 24. The molecule has 0 bridgehead atoms. The minimum Gasteiger partial charge on any atom is -0.373 e. The van der Waals surface area contributed by atoms with Crippen molar-refractivity contribution in [1.29, 1.82) is 0 Å². The van der Waals surface area contributed by atoms with E-state index in [1.165, 1.54) is 96.3 Å². The Balaban J connectivity index is 3.59. The largest absolute Gasteiger partial charge is 0.373 e. The summed E-state index contributed by atoms with van der Waals surface area (Å²) in [5.41, 5.74) is 0. The Labute approximate surface area is 217 Å². The van der Waals surface area contributed by atoms with E-state index >= 15 is 0 Å². The van der Waals surface area contributed by atoms with Gasteiger partial charge in [-0.3, -0.25) is 4.57 Å². The quantitative estimate of drug-likeness (QED) is 0.0524. The van der Waals surface area contributed by atoms with Gasteiger partial charge in [-0.1, -0.05) is 95.4 Å². The van der Waals surface area contributed by atoms with E-state index in [0.29, 0.717) is 10.9 Å². The lowest BCUT2D eigenvalue weighted by Gasteiger charge is -2.35. The molecule has 0 aromatic carbocycles. The number of nitrogens with zero attached hydrogens (tertiary/aromatic N) is 1. The van der Waals surface area contributed by atoms with Crippen molar-refractivity contribution in [3.05, 3.63) is 24.3 Å². The number of allylic oxidation sites excluding steroid dienone is 4. The van der Waals surface area contributed by atoms with Gasteiger partial charge in [0, 0.05) is 0 Å². The van der Waals surface area contributed by atoms with E-state index in [1.54, 1.807) is 0 Å². The molecule has 6 heteroatoms. The van der Waals surface area contributed by atoms with E-state index in [2.05, 4.69) is 31.2 Å². The fourth-order valence-electron chi connectivity index (χ4n) is 4.50. The van der Waals surface area contributed by atoms with Crippen LogP contribution in [0.25, 0.3) is 0 Å². The summed E-state index contributed by atoms with van der Waals surface area (Å²) in [5, 5.41) is 8.60. The zero-order valence-corrected chi connectivity index (χ0v) is 24.5. The predicted molar refractivity (Wildman–Crippen MR) is 152 cm³/mol. The van der Waals surface area contributed by atoms with Crippen molar-refractivity contribution in [3.8, 4) is 0 Å². The van der Waals surface area contributed by atoms with Crippen LogP contribution in [0, 0.1) is 0 Å². The molecule has 0 aromatic rings. The predicted octanol–water partition coefficient (Wildman–Crippen LogP) is 8.10. The third kappa shape index (κ3) is 21.4. The van der Waals surface area contributed by atoms with Crippen LogP contribution in [0.1, 0.15) is 129 Å². The molecule has 0 aromatic heterocycles. The number of aliphatic hydroxyl groups is 1. The van der Waals surface area contributed by atoms with Gasteiger partial charge in [-0.25, -0.2) is 0 Å². The lowest BCUT2D eigenvalue weighted by atomic mass is 10.1. The highest BCUT2D eigenvalue weighted by Gasteiger charge is 2.48. The Kier molecular flexibility index (Phi) is 20.3. The van der Waals surface area contributed by atoms with Crippen LogP contribution in [0.15, 0.2) is 24.3 Å². The van der Waals surface area contributed by atoms with Crippen LogP contribution in [0.4, 0.5) is 0 Å². The van der Waals surface area contributed by atoms with Crippen LogP contribution < -0.4 is 0 Å². The molecule has 1 unspecified atom stereocenters. The summed E-state index contributed by atoms with van der Waals surface area (Å²) in [5.74, 6) is 0. The number of hydrogen-bond acceptors (Lipinski definition) is 2. The maximum atomic E-state index is 11.8. The average Bonchev–Trinajstić information content (AvgIpc) is 2.75. The second kappa shape index (κ2) is 20.6. The normalized spacial score (nSPS) is 14.8. The molecule has 0 heterocycles. The van der Waals surface area contributed by atoms with Gasteiger partial charge in [0.25, 0.3) is 0 Å². The molecule has 0 rings (SSSR count). The third-order valence-electron chi connectivity index (χ3n) is 6.52. The molecule has 0 saturated heterocycles. The Morgan fingerprint density at radius 3 is 1.31 bits per heavy atom. The average molecular weight is 517 g/mol. The Morgan fingerprint density at radius 1 is 0.629 bits per heavy atom. The molecular weight excluding hydrogens is 457 g/mol. The maximum absolute atomic E-state index is 11.8. The van der Waals surface area contributed by atoms with Crippen LogP contribution >= 0.6 is 7.60 Å². The Bertz CT molecular complexity index is 594. The van der Waals surface area contributed by atoms with Gasteiger partial charge >= 0.3 is 7.60 Å². The first kappa shape index (κ1) is 34.6. The van der Waals surface area contributed by atoms with Gasteiger partial charge < -0.3 is 19.4 Å². The van der Waals surface area contributed by atoms with Crippen LogP contribution in [0.5, 0.6) is 0 Å². The molecule has 0 spiro atoms. The first-order valence-corrected chi connectivity index (χ1v) is 16.0. The summed E-state index contributed by atoms with van der Waals surface area (Å²) in [6.07, 6.45) is 31.4. The molecule has 35 heavy (non-hydrogen) atoms. The van der Waals surface area contributed by atoms with Crippen molar-refractivity contribution in [3.63, 3.8) is 0 Å². The zero-order valence-electron chi connectivity index (χ0n) is 23.6. The third-order valence-corrected chi connectivity index (χ3v) is 7.97. The monoisotopic (exact) mass is 516 g/mol. The number of unbranched alkanes of at least 4 members (excludes halogenated alkanes) is 15. The highest BCUT2D eigenvalue weighted by Crippen LogP contribution is 2.52. The summed E-state index contributed by atoms with van der Waals surface area (Å²) in [6, 6.07) is 0. The van der Waals surface area contributed by atoms with E-state index in [9.17, 15) is 19.5 Å². The maximum Gasteiger partial charge on any atom is 0.362 e. The van der Waals surface area contributed by atoms with Gasteiger partial charge in [0.2, 0.25) is 5.34 Å². The molecule has 0 aliphatic heterocycles. The second-order valence-corrected chi connectivity index (χ2v) is 13.3. The van der Waals surface area contributed by atoms with Crippen LogP contribution in [0.2, 0.25) is 0 Å². The van der Waals surface area contributed by atoms with Gasteiger partial charge in [0.05, 0.1) is 21.1 Å². The fourth-order valence-corrected chi connectivity index (χ4v) is 5.56. The summed E-state index contributed by atoms with van der Waals surface area (Å²) >= 11 is 0. The van der Waals surface area contributed by atoms with E-state index in [4.69, 9.17) is 0 Å². The SMILES string of the molecule is CCCCCCCC/C=C\CCCCCCCCC/C=C\CCCC(O)(C[N+](C)(C)C)P(=O)(O)O. The van der Waals surface area contributed by atoms with Crippen molar-refractivity contribution >= 4 is 7.60 Å². The number of likely N-dealkylation sites (N-methyl/N-ethyl adjacent to an activating group) is 1. The number of hydrogen-bond donors (Lipinski definition) is 3. The lowest BCUT2D eigenvalue weighted by molar-refractivity contribution is -0.875. The van der Waals surface area contributed by atoms with Crippen molar-refractivity contribution in [1.82, 2.24) is 0 Å². The van der Waals surface area contributed by atoms with Crippen molar-refractivity contribution in [2.45, 2.75) is 134 Å². The Hall–Kier alpha value is -0.450. The van der Waals surface area contributed by atoms with Crippen LogP contribution in [-0.4, -0.2) is 52.4 Å². The fraction of sp³-hybridized carbons (Fsp3) is 0.862. The topological polar surface area (TPSA) is 77.8 Å². The molecule has 0 radical (unpaired) electrons. The van der Waals surface area contributed by atoms with Gasteiger partial charge in [0.15, 0.2) is 0 Å². The molecule has 208 valence electrons. The smallest absolute Gasteiger partial charge is 0.362 e. The number of quaternary nitrogens is 1. The molecular formula is C29H59NO4P+. The summed E-state index contributed by atoms with van der Waals surface area (Å²) in [4.78, 5) is 19.2. The second-order valence-electron chi connectivity index (χ2n) is 11.4. The van der Waals surface area contributed by atoms with E-state index in [0.717, 1.165) is 12.8 Å². The first-order chi connectivity index (χ1) is 16.5. The van der Waals surface area contributed by atoms with Crippen LogP contribution in [-0.2, 0) is 4.57 Å². The summed E-state index contributed by atoms with van der Waals surface area (Å²) < 4.78 is 12.1. The van der Waals surface area contributed by atoms with Gasteiger partial charge in [-0.05, 0) is 57.8 Å². The van der Waals surface area contributed by atoms with Crippen LogP contribution in [0.3, 0.4) is 0 Å². The van der Waals surface area contributed by atoms with E-state index < -0.39 is 12.9 Å². The molecule has 3 N–H and O–H groups in total.